The number of nitrogens with zero attached hydrogens (tertiary/aromatic N) is 2. The van der Waals surface area contributed by atoms with Gasteiger partial charge in [-0.05, 0) is 91.1 Å². The van der Waals surface area contributed by atoms with Crippen molar-refractivity contribution in [2.75, 3.05) is 33.7 Å². The largest absolute Gasteiger partial charge is 0.456 e. The first kappa shape index (κ1) is 47.4. The first-order valence-electron chi connectivity index (χ1n) is 21.3. The molecule has 52 heavy (non-hydrogen) atoms. The highest BCUT2D eigenvalue weighted by molar-refractivity contribution is 5.77. The molecule has 1 heterocycles. The molecule has 0 aromatic carbocycles. The van der Waals surface area contributed by atoms with E-state index in [1.54, 1.807) is 4.90 Å². The zero-order chi connectivity index (χ0) is 37.9. The minimum absolute atomic E-state index is 0.00395. The maximum absolute atomic E-state index is 12.9. The van der Waals surface area contributed by atoms with Gasteiger partial charge in [0.1, 0.15) is 0 Å². The smallest absolute Gasteiger partial charge is 0.306 e. The lowest BCUT2D eigenvalue weighted by atomic mass is 10.1. The van der Waals surface area contributed by atoms with Gasteiger partial charge in [-0.25, -0.2) is 0 Å². The molecule has 1 saturated heterocycles. The number of hydrogen-bond donors (Lipinski definition) is 0. The van der Waals surface area contributed by atoms with Gasteiger partial charge in [0, 0.05) is 25.8 Å². The Morgan fingerprint density at radius 3 is 1.27 bits per heavy atom. The number of allylic oxidation sites excluding steroid dienone is 8. The maximum Gasteiger partial charge on any atom is 0.306 e. The van der Waals surface area contributed by atoms with Crippen LogP contribution in [0.4, 0.5) is 0 Å². The molecule has 0 aliphatic carbocycles. The van der Waals surface area contributed by atoms with Gasteiger partial charge in [0.05, 0.1) is 13.1 Å². The number of amides is 1. The quantitative estimate of drug-likeness (QED) is 0.0381. The third-order valence-electron chi connectivity index (χ3n) is 9.57. The van der Waals surface area contributed by atoms with Crippen molar-refractivity contribution in [3.05, 3.63) is 48.6 Å². The molecule has 1 amide bonds. The normalized spacial score (nSPS) is 16.4. The zero-order valence-corrected chi connectivity index (χ0v) is 34.0. The van der Waals surface area contributed by atoms with Gasteiger partial charge in [0.15, 0.2) is 12.2 Å². The molecule has 0 spiro atoms. The number of rotatable bonds is 33. The maximum atomic E-state index is 12.9. The van der Waals surface area contributed by atoms with Gasteiger partial charge in [-0.2, -0.15) is 0 Å². The van der Waals surface area contributed by atoms with Gasteiger partial charge < -0.3 is 19.3 Å². The summed E-state index contributed by atoms with van der Waals surface area (Å²) in [6.45, 7) is 5.67. The predicted molar refractivity (Wildman–Crippen MR) is 218 cm³/mol. The summed E-state index contributed by atoms with van der Waals surface area (Å²) in [7, 11) is 3.87. The molecule has 0 bridgehead atoms. The van der Waals surface area contributed by atoms with Crippen LogP contribution in [0.25, 0.3) is 0 Å². The third-order valence-corrected chi connectivity index (χ3v) is 9.57. The Bertz CT molecular complexity index is 949. The van der Waals surface area contributed by atoms with E-state index in [4.69, 9.17) is 9.47 Å². The minimum Gasteiger partial charge on any atom is -0.456 e. The summed E-state index contributed by atoms with van der Waals surface area (Å²) >= 11 is 0. The van der Waals surface area contributed by atoms with Crippen LogP contribution in [0.1, 0.15) is 174 Å². The molecule has 1 aliphatic heterocycles. The highest BCUT2D eigenvalue weighted by Crippen LogP contribution is 2.21. The Hall–Kier alpha value is -2.67. The van der Waals surface area contributed by atoms with Gasteiger partial charge >= 0.3 is 11.9 Å². The molecule has 1 aliphatic rings. The van der Waals surface area contributed by atoms with Gasteiger partial charge in [0.2, 0.25) is 5.91 Å². The lowest BCUT2D eigenvalue weighted by Crippen LogP contribution is -2.33. The molecule has 7 nitrogen and oxygen atoms in total. The van der Waals surface area contributed by atoms with Crippen LogP contribution in [0.3, 0.4) is 0 Å². The van der Waals surface area contributed by atoms with E-state index in [0.717, 1.165) is 77.0 Å². The second kappa shape index (κ2) is 34.1. The van der Waals surface area contributed by atoms with Crippen molar-refractivity contribution < 1.29 is 23.9 Å². The summed E-state index contributed by atoms with van der Waals surface area (Å²) in [6.07, 6.45) is 42.9. The van der Waals surface area contributed by atoms with Gasteiger partial charge in [0.25, 0.3) is 0 Å². The van der Waals surface area contributed by atoms with Crippen molar-refractivity contribution in [2.45, 2.75) is 187 Å². The fourth-order valence-electron chi connectivity index (χ4n) is 6.27. The van der Waals surface area contributed by atoms with Gasteiger partial charge in [-0.3, -0.25) is 14.4 Å². The highest BCUT2D eigenvalue weighted by atomic mass is 16.6. The fraction of sp³-hybridized carbons (Fsp3) is 0.756. The third kappa shape index (κ3) is 27.9. The number of carbonyl (C=O) groups is 3. The molecule has 0 unspecified atom stereocenters. The first-order valence-corrected chi connectivity index (χ1v) is 21.3. The van der Waals surface area contributed by atoms with Crippen molar-refractivity contribution in [1.29, 1.82) is 0 Å². The number of hydrogen-bond acceptors (Lipinski definition) is 6. The fourth-order valence-corrected chi connectivity index (χ4v) is 6.27. The molecule has 0 radical (unpaired) electrons. The van der Waals surface area contributed by atoms with Crippen molar-refractivity contribution in [3.63, 3.8) is 0 Å². The van der Waals surface area contributed by atoms with E-state index in [1.807, 2.05) is 19.0 Å². The Kier molecular flexibility index (Phi) is 31.1. The Labute approximate surface area is 319 Å². The molecule has 0 saturated carbocycles. The van der Waals surface area contributed by atoms with Crippen LogP contribution in [0.2, 0.25) is 0 Å². The Morgan fingerprint density at radius 2 is 0.885 bits per heavy atom. The first-order chi connectivity index (χ1) is 25.4. The predicted octanol–water partition coefficient (Wildman–Crippen LogP) is 11.2. The van der Waals surface area contributed by atoms with E-state index in [0.29, 0.717) is 25.8 Å². The van der Waals surface area contributed by atoms with E-state index in [-0.39, 0.29) is 30.9 Å². The second-order valence-corrected chi connectivity index (χ2v) is 14.9. The van der Waals surface area contributed by atoms with Crippen LogP contribution >= 0.6 is 0 Å². The molecule has 0 aromatic heterocycles. The molecule has 0 N–H and O–H groups in total. The Balaban J connectivity index is 2.31. The molecular weight excluding hydrogens is 649 g/mol. The zero-order valence-electron chi connectivity index (χ0n) is 34.0. The van der Waals surface area contributed by atoms with Crippen LogP contribution in [0, 0.1) is 0 Å². The van der Waals surface area contributed by atoms with Crippen LogP contribution < -0.4 is 0 Å². The number of ether oxygens (including phenoxy) is 2. The van der Waals surface area contributed by atoms with E-state index >= 15 is 0 Å². The minimum atomic E-state index is -0.609. The molecule has 1 rings (SSSR count). The molecule has 7 heteroatoms. The van der Waals surface area contributed by atoms with Crippen molar-refractivity contribution in [2.24, 2.45) is 0 Å². The monoisotopic (exact) mass is 727 g/mol. The highest BCUT2D eigenvalue weighted by Gasteiger charge is 2.40. The summed E-state index contributed by atoms with van der Waals surface area (Å²) in [5.74, 6) is -0.545. The lowest BCUT2D eigenvalue weighted by molar-refractivity contribution is -0.164. The van der Waals surface area contributed by atoms with Crippen molar-refractivity contribution in [3.8, 4) is 0 Å². The number of esters is 2. The number of unbranched alkanes of at least 4 members (excludes halogenated alkanes) is 16. The summed E-state index contributed by atoms with van der Waals surface area (Å²) in [5.41, 5.74) is 0. The van der Waals surface area contributed by atoms with E-state index in [9.17, 15) is 14.4 Å². The van der Waals surface area contributed by atoms with Crippen molar-refractivity contribution >= 4 is 17.8 Å². The summed E-state index contributed by atoms with van der Waals surface area (Å²) in [6, 6.07) is 0. The molecule has 298 valence electrons. The molecule has 1 fully saturated rings. The van der Waals surface area contributed by atoms with Crippen LogP contribution in [0.15, 0.2) is 48.6 Å². The summed E-state index contributed by atoms with van der Waals surface area (Å²) in [4.78, 5) is 42.1. The second-order valence-electron chi connectivity index (χ2n) is 14.9. The van der Waals surface area contributed by atoms with E-state index in [2.05, 4.69) is 62.5 Å². The summed E-state index contributed by atoms with van der Waals surface area (Å²) < 4.78 is 11.7. The molecule has 0 aromatic rings. The van der Waals surface area contributed by atoms with E-state index < -0.39 is 12.2 Å². The van der Waals surface area contributed by atoms with Gasteiger partial charge in [-0.1, -0.05) is 127 Å². The lowest BCUT2D eigenvalue weighted by Gasteiger charge is -2.19. The molecular formula is C45H78N2O5. The topological polar surface area (TPSA) is 76.2 Å². The van der Waals surface area contributed by atoms with Gasteiger partial charge in [-0.15, -0.1) is 0 Å². The Morgan fingerprint density at radius 1 is 0.519 bits per heavy atom. The van der Waals surface area contributed by atoms with Crippen LogP contribution in [-0.4, -0.2) is 73.6 Å². The van der Waals surface area contributed by atoms with Crippen LogP contribution in [0.5, 0.6) is 0 Å². The van der Waals surface area contributed by atoms with Crippen molar-refractivity contribution in [1.82, 2.24) is 9.80 Å². The standard InChI is InChI=1S/C45H78N2O5/c1-5-7-9-11-13-15-17-19-21-23-25-27-29-31-33-35-44(49)51-41-39-47(43(48)37-38-46(3)4)40-42(41)52-45(50)36-34-32-30-28-26-24-22-20-18-16-14-12-10-8-6-2/h13-16,19-22,41-42H,5-12,17-18,23-40H2,1-4H3/b15-13-,16-14-,21-19-,22-20-/t41-,42-/m1/s1. The van der Waals surface area contributed by atoms with Crippen LogP contribution in [-0.2, 0) is 23.9 Å². The molecule has 2 atom stereocenters. The van der Waals surface area contributed by atoms with E-state index in [1.165, 1.54) is 64.2 Å². The average Bonchev–Trinajstić information content (AvgIpc) is 3.51. The SMILES string of the molecule is CCCCC/C=C\C/C=C\CCCCCCCC(=O)O[C@@H]1CN(C(=O)CCN(C)C)C[C@H]1OC(=O)CCCCCCC/C=C\C/C=C\CCCCC. The summed E-state index contributed by atoms with van der Waals surface area (Å²) in [5, 5.41) is 0. The number of carbonyl (C=O) groups excluding carboxylic acids is 3. The average molecular weight is 727 g/mol. The number of likely N-dealkylation sites (tertiary alicyclic amines) is 1.